The number of hydrogen-bond acceptors (Lipinski definition) is 6. The zero-order valence-corrected chi connectivity index (χ0v) is 13.6. The van der Waals surface area contributed by atoms with Crippen LogP contribution in [0.25, 0.3) is 0 Å². The molecule has 128 valence electrons. The quantitative estimate of drug-likeness (QED) is 0.509. The molecule has 0 aromatic carbocycles. The first kappa shape index (κ1) is 22.7. The first-order valence-corrected chi connectivity index (χ1v) is 8.22. The highest BCUT2D eigenvalue weighted by molar-refractivity contribution is 7.98. The van der Waals surface area contributed by atoms with Crippen molar-refractivity contribution in [3.05, 3.63) is 12.7 Å². The largest absolute Gasteiger partial charge is 0.480 e. The highest BCUT2D eigenvalue weighted by Gasteiger charge is 2.09. The summed E-state index contributed by atoms with van der Waals surface area (Å²) in [5.41, 5.74) is 5.19. The molecule has 1 aliphatic heterocycles. The minimum atomic E-state index is -0.981. The van der Waals surface area contributed by atoms with Crippen LogP contribution in [0, 0.1) is 0 Å². The molecule has 22 heavy (non-hydrogen) atoms. The van der Waals surface area contributed by atoms with Crippen LogP contribution in [-0.2, 0) is 19.1 Å². The van der Waals surface area contributed by atoms with Gasteiger partial charge >= 0.3 is 17.9 Å². The molecule has 0 aromatic heterocycles. The van der Waals surface area contributed by atoms with Gasteiger partial charge in [-0.05, 0) is 37.7 Å². The van der Waals surface area contributed by atoms with Crippen molar-refractivity contribution in [3.63, 3.8) is 0 Å². The van der Waals surface area contributed by atoms with Gasteiger partial charge in [0.25, 0.3) is 0 Å². The fourth-order valence-corrected chi connectivity index (χ4v) is 1.66. The Morgan fingerprint density at radius 1 is 1.41 bits per heavy atom. The number of hydrogen-bond donors (Lipinski definition) is 3. The summed E-state index contributed by atoms with van der Waals surface area (Å²) in [5.74, 6) is -1.11. The van der Waals surface area contributed by atoms with Gasteiger partial charge in [-0.1, -0.05) is 6.58 Å². The molecule has 0 spiro atoms. The number of rotatable bonds is 5. The van der Waals surface area contributed by atoms with Gasteiger partial charge < -0.3 is 20.7 Å². The Morgan fingerprint density at radius 2 is 2.00 bits per heavy atom. The zero-order chi connectivity index (χ0) is 17.4. The van der Waals surface area contributed by atoms with Gasteiger partial charge in [0.15, 0.2) is 0 Å². The van der Waals surface area contributed by atoms with Crippen LogP contribution >= 0.6 is 11.8 Å². The van der Waals surface area contributed by atoms with Crippen molar-refractivity contribution in [1.82, 2.24) is 0 Å². The minimum absolute atomic E-state index is 0.0255. The van der Waals surface area contributed by atoms with Crippen LogP contribution in [0.4, 0.5) is 0 Å². The molecule has 1 aliphatic rings. The summed E-state index contributed by atoms with van der Waals surface area (Å²) in [7, 11) is 0. The lowest BCUT2D eigenvalue weighted by atomic mass is 10.2. The minimum Gasteiger partial charge on any atom is -0.480 e. The molecule has 1 heterocycles. The van der Waals surface area contributed by atoms with Gasteiger partial charge in [0.2, 0.25) is 0 Å². The number of carboxylic acids is 2. The summed E-state index contributed by atoms with van der Waals surface area (Å²) in [6.07, 6.45) is 7.14. The molecule has 1 rings (SSSR count). The van der Waals surface area contributed by atoms with Gasteiger partial charge in [0.1, 0.15) is 6.04 Å². The summed E-state index contributed by atoms with van der Waals surface area (Å²) in [6, 6.07) is -0.683. The van der Waals surface area contributed by atoms with Gasteiger partial charge in [-0.2, -0.15) is 11.8 Å². The summed E-state index contributed by atoms with van der Waals surface area (Å²) < 4.78 is 4.76. The number of carbonyl (C=O) groups is 3. The Balaban J connectivity index is 0. The van der Waals surface area contributed by atoms with E-state index in [-0.39, 0.29) is 5.97 Å². The molecule has 4 N–H and O–H groups in total. The van der Waals surface area contributed by atoms with E-state index in [1.54, 1.807) is 11.8 Å². The average molecular weight is 335 g/mol. The molecule has 1 atom stereocenters. The third-order valence-electron chi connectivity index (χ3n) is 2.41. The first-order chi connectivity index (χ1) is 10.3. The molecule has 0 aromatic rings. The van der Waals surface area contributed by atoms with E-state index in [0.717, 1.165) is 31.1 Å². The van der Waals surface area contributed by atoms with Crippen molar-refractivity contribution < 1.29 is 29.3 Å². The van der Waals surface area contributed by atoms with Crippen molar-refractivity contribution in [1.29, 1.82) is 0 Å². The fourth-order valence-electron chi connectivity index (χ4n) is 1.17. The molecule has 0 unspecified atom stereocenters. The van der Waals surface area contributed by atoms with Crippen molar-refractivity contribution in [2.24, 2.45) is 5.73 Å². The SMILES string of the molecule is C=CC(=O)O.CSCC[C@H](N)C(=O)O.O=C1CCCCCO1. The lowest BCUT2D eigenvalue weighted by Gasteiger charge is -2.02. The molecule has 8 heteroatoms. The van der Waals surface area contributed by atoms with Gasteiger partial charge in [0.05, 0.1) is 6.61 Å². The second-order valence-corrected chi connectivity index (χ2v) is 5.29. The summed E-state index contributed by atoms with van der Waals surface area (Å²) in [6.45, 7) is 3.60. The first-order valence-electron chi connectivity index (χ1n) is 6.83. The van der Waals surface area contributed by atoms with Crippen molar-refractivity contribution in [2.75, 3.05) is 18.6 Å². The fraction of sp³-hybridized carbons (Fsp3) is 0.643. The molecule has 1 fully saturated rings. The maximum absolute atomic E-state index is 10.5. The Kier molecular flexibility index (Phi) is 16.4. The molecule has 7 nitrogen and oxygen atoms in total. The number of thioether (sulfide) groups is 1. The summed E-state index contributed by atoms with van der Waals surface area (Å²) >= 11 is 1.60. The standard InChI is InChI=1S/C6H10O2.C5H11NO2S.C3H4O2/c7-6-4-2-1-3-5-8-6;1-9-3-2-4(6)5(7)8;1-2-3(4)5/h1-5H2;4H,2-3,6H2,1H3,(H,7,8);2H,1H2,(H,4,5)/t;4-;/m.0./s1. The molecule has 0 amide bonds. The Morgan fingerprint density at radius 3 is 2.45 bits per heavy atom. The molecular weight excluding hydrogens is 310 g/mol. The van der Waals surface area contributed by atoms with Crippen LogP contribution < -0.4 is 5.73 Å². The normalized spacial score (nSPS) is 14.7. The van der Waals surface area contributed by atoms with Crippen LogP contribution in [0.5, 0.6) is 0 Å². The van der Waals surface area contributed by atoms with E-state index < -0.39 is 18.0 Å². The number of nitrogens with two attached hydrogens (primary N) is 1. The van der Waals surface area contributed by atoms with Crippen LogP contribution in [0.1, 0.15) is 32.1 Å². The van der Waals surface area contributed by atoms with Gasteiger partial charge in [-0.15, -0.1) is 0 Å². The Bertz CT molecular complexity index is 338. The smallest absolute Gasteiger partial charge is 0.327 e. The average Bonchev–Trinajstić information content (AvgIpc) is 2.73. The molecule has 0 bridgehead atoms. The van der Waals surface area contributed by atoms with Gasteiger partial charge in [0, 0.05) is 12.5 Å². The number of carbonyl (C=O) groups excluding carboxylic acids is 1. The van der Waals surface area contributed by atoms with Crippen molar-refractivity contribution in [2.45, 2.75) is 38.1 Å². The van der Waals surface area contributed by atoms with Gasteiger partial charge in [-0.3, -0.25) is 9.59 Å². The van der Waals surface area contributed by atoms with Crippen LogP contribution in [-0.4, -0.2) is 52.8 Å². The third-order valence-corrected chi connectivity index (χ3v) is 3.06. The zero-order valence-electron chi connectivity index (χ0n) is 12.8. The predicted octanol–water partition coefficient (Wildman–Crippen LogP) is 1.51. The monoisotopic (exact) mass is 335 g/mol. The Hall–Kier alpha value is -1.54. The van der Waals surface area contributed by atoms with Gasteiger partial charge in [-0.25, -0.2) is 4.79 Å². The van der Waals surface area contributed by atoms with Crippen LogP contribution in [0.3, 0.4) is 0 Å². The van der Waals surface area contributed by atoms with Crippen molar-refractivity contribution >= 4 is 29.7 Å². The number of cyclic esters (lactones) is 1. The molecule has 0 aliphatic carbocycles. The predicted molar refractivity (Wildman–Crippen MR) is 85.9 cm³/mol. The number of carboxylic acid groups (broad SMARTS) is 2. The van der Waals surface area contributed by atoms with E-state index in [2.05, 4.69) is 6.58 Å². The van der Waals surface area contributed by atoms with E-state index >= 15 is 0 Å². The van der Waals surface area contributed by atoms with E-state index in [1.165, 1.54) is 0 Å². The van der Waals surface area contributed by atoms with Crippen molar-refractivity contribution in [3.8, 4) is 0 Å². The summed E-state index contributed by atoms with van der Waals surface area (Å²) in [5, 5.41) is 15.9. The lowest BCUT2D eigenvalue weighted by Crippen LogP contribution is -2.30. The molecule has 0 radical (unpaired) electrons. The Labute approximate surface area is 134 Å². The highest BCUT2D eigenvalue weighted by Crippen LogP contribution is 2.06. The van der Waals surface area contributed by atoms with Crippen LogP contribution in [0.15, 0.2) is 12.7 Å². The topological polar surface area (TPSA) is 127 Å². The third kappa shape index (κ3) is 18.5. The maximum atomic E-state index is 10.5. The highest BCUT2D eigenvalue weighted by atomic mass is 32.2. The van der Waals surface area contributed by atoms with E-state index in [0.29, 0.717) is 19.4 Å². The van der Waals surface area contributed by atoms with E-state index in [1.807, 2.05) is 6.26 Å². The lowest BCUT2D eigenvalue weighted by molar-refractivity contribution is -0.142. The summed E-state index contributed by atoms with van der Waals surface area (Å²) in [4.78, 5) is 29.8. The molecule has 0 saturated carbocycles. The molecule has 1 saturated heterocycles. The van der Waals surface area contributed by atoms with E-state index in [9.17, 15) is 14.4 Å². The van der Waals surface area contributed by atoms with E-state index in [4.69, 9.17) is 20.7 Å². The number of ether oxygens (including phenoxy) is 1. The molecular formula is C14H25NO6S. The van der Waals surface area contributed by atoms with Crippen LogP contribution in [0.2, 0.25) is 0 Å². The number of aliphatic carboxylic acids is 2. The number of esters is 1. The second-order valence-electron chi connectivity index (χ2n) is 4.30. The maximum Gasteiger partial charge on any atom is 0.327 e. The second kappa shape index (κ2) is 15.8.